The highest BCUT2D eigenvalue weighted by Crippen LogP contribution is 2.35. The Balaban J connectivity index is 1.40. The van der Waals surface area contributed by atoms with Crippen LogP contribution in [0.1, 0.15) is 18.1 Å². The van der Waals surface area contributed by atoms with Crippen LogP contribution >= 0.6 is 34.2 Å². The maximum atomic E-state index is 6.12. The molecule has 0 aliphatic heterocycles. The van der Waals surface area contributed by atoms with Gasteiger partial charge in [-0.1, -0.05) is 41.9 Å². The molecular formula is C28H25ClINO3. The fraction of sp³-hybridized carbons (Fsp3) is 0.143. The summed E-state index contributed by atoms with van der Waals surface area (Å²) in [6.45, 7) is 3.61. The van der Waals surface area contributed by atoms with E-state index in [0.29, 0.717) is 24.8 Å². The zero-order valence-electron chi connectivity index (χ0n) is 18.8. The van der Waals surface area contributed by atoms with Crippen molar-refractivity contribution in [1.82, 2.24) is 0 Å². The zero-order valence-corrected chi connectivity index (χ0v) is 21.7. The fourth-order valence-electron chi connectivity index (χ4n) is 3.38. The zero-order chi connectivity index (χ0) is 23.8. The van der Waals surface area contributed by atoms with Crippen LogP contribution in [0.5, 0.6) is 23.0 Å². The van der Waals surface area contributed by atoms with Crippen LogP contribution in [0.2, 0.25) is 5.02 Å². The Morgan fingerprint density at radius 2 is 1.56 bits per heavy atom. The molecule has 0 fully saturated rings. The van der Waals surface area contributed by atoms with Gasteiger partial charge >= 0.3 is 0 Å². The van der Waals surface area contributed by atoms with Gasteiger partial charge in [-0.25, -0.2) is 0 Å². The highest BCUT2D eigenvalue weighted by Gasteiger charge is 2.13. The highest BCUT2D eigenvalue weighted by atomic mass is 127. The molecule has 4 nitrogen and oxygen atoms in total. The molecule has 34 heavy (non-hydrogen) atoms. The largest absolute Gasteiger partial charge is 0.490 e. The summed E-state index contributed by atoms with van der Waals surface area (Å²) in [6, 6.07) is 29.5. The molecule has 0 bridgehead atoms. The van der Waals surface area contributed by atoms with Crippen LogP contribution in [0.4, 0.5) is 5.69 Å². The number of benzene rings is 4. The molecule has 0 aliphatic carbocycles. The molecule has 0 unspecified atom stereocenters. The van der Waals surface area contributed by atoms with E-state index in [0.717, 1.165) is 43.4 Å². The summed E-state index contributed by atoms with van der Waals surface area (Å²) in [6.07, 6.45) is 0. The number of anilines is 1. The molecule has 1 N–H and O–H groups in total. The molecule has 0 heterocycles. The van der Waals surface area contributed by atoms with E-state index in [1.807, 2.05) is 91.9 Å². The van der Waals surface area contributed by atoms with E-state index in [1.165, 1.54) is 0 Å². The molecule has 174 valence electrons. The summed E-state index contributed by atoms with van der Waals surface area (Å²) in [5.41, 5.74) is 3.12. The van der Waals surface area contributed by atoms with Gasteiger partial charge in [-0.2, -0.15) is 0 Å². The van der Waals surface area contributed by atoms with Crippen LogP contribution in [-0.4, -0.2) is 6.61 Å². The van der Waals surface area contributed by atoms with Crippen LogP contribution < -0.4 is 19.5 Å². The smallest absolute Gasteiger partial charge is 0.174 e. The molecule has 0 spiro atoms. The van der Waals surface area contributed by atoms with Crippen molar-refractivity contribution in [3.05, 3.63) is 111 Å². The van der Waals surface area contributed by atoms with Crippen molar-refractivity contribution in [3.8, 4) is 23.0 Å². The van der Waals surface area contributed by atoms with E-state index in [2.05, 4.69) is 34.0 Å². The van der Waals surface area contributed by atoms with Crippen molar-refractivity contribution in [2.24, 2.45) is 0 Å². The van der Waals surface area contributed by atoms with Gasteiger partial charge in [0.1, 0.15) is 18.1 Å². The lowest BCUT2D eigenvalue weighted by molar-refractivity contribution is 0.267. The van der Waals surface area contributed by atoms with Crippen molar-refractivity contribution < 1.29 is 14.2 Å². The molecule has 0 radical (unpaired) electrons. The quantitative estimate of drug-likeness (QED) is 0.190. The van der Waals surface area contributed by atoms with Gasteiger partial charge in [-0.15, -0.1) is 0 Å². The summed E-state index contributed by atoms with van der Waals surface area (Å²) in [5, 5.41) is 4.16. The fourth-order valence-corrected chi connectivity index (χ4v) is 4.41. The minimum Gasteiger partial charge on any atom is -0.490 e. The second-order valence-electron chi connectivity index (χ2n) is 7.55. The first-order chi connectivity index (χ1) is 16.6. The first kappa shape index (κ1) is 24.2. The van der Waals surface area contributed by atoms with E-state index in [1.54, 1.807) is 0 Å². The summed E-state index contributed by atoms with van der Waals surface area (Å²) in [7, 11) is 0. The molecule has 4 rings (SSSR count). The summed E-state index contributed by atoms with van der Waals surface area (Å²) in [4.78, 5) is 0. The number of nitrogens with one attached hydrogen (secondary N) is 1. The third-order valence-corrected chi connectivity index (χ3v) is 6.01. The van der Waals surface area contributed by atoms with E-state index in [9.17, 15) is 0 Å². The van der Waals surface area contributed by atoms with Gasteiger partial charge in [0.15, 0.2) is 11.5 Å². The van der Waals surface area contributed by atoms with Crippen molar-refractivity contribution in [1.29, 1.82) is 0 Å². The Morgan fingerprint density at radius 1 is 0.794 bits per heavy atom. The third kappa shape index (κ3) is 6.81. The van der Waals surface area contributed by atoms with Gasteiger partial charge in [-0.05, 0) is 101 Å². The predicted octanol–water partition coefficient (Wildman–Crippen LogP) is 8.33. The number of halogens is 2. The molecule has 4 aromatic rings. The number of hydrogen-bond donors (Lipinski definition) is 1. The third-order valence-electron chi connectivity index (χ3n) is 4.97. The van der Waals surface area contributed by atoms with Gasteiger partial charge in [-0.3, -0.25) is 0 Å². The van der Waals surface area contributed by atoms with Gasteiger partial charge in [0, 0.05) is 17.3 Å². The molecule has 0 atom stereocenters. The van der Waals surface area contributed by atoms with Crippen molar-refractivity contribution in [3.63, 3.8) is 0 Å². The monoisotopic (exact) mass is 585 g/mol. The lowest BCUT2D eigenvalue weighted by Crippen LogP contribution is -2.05. The van der Waals surface area contributed by atoms with Crippen molar-refractivity contribution in [2.45, 2.75) is 20.1 Å². The normalized spacial score (nSPS) is 10.6. The highest BCUT2D eigenvalue weighted by molar-refractivity contribution is 14.1. The maximum absolute atomic E-state index is 6.12. The van der Waals surface area contributed by atoms with E-state index in [4.69, 9.17) is 25.8 Å². The molecule has 0 aliphatic rings. The topological polar surface area (TPSA) is 39.7 Å². The number of para-hydroxylation sites is 1. The molecule has 4 aromatic carbocycles. The Hall–Kier alpha value is -2.90. The summed E-state index contributed by atoms with van der Waals surface area (Å²) >= 11 is 8.39. The van der Waals surface area contributed by atoms with Gasteiger partial charge in [0.25, 0.3) is 0 Å². The molecule has 0 aromatic heterocycles. The van der Waals surface area contributed by atoms with Crippen LogP contribution in [0.3, 0.4) is 0 Å². The summed E-state index contributed by atoms with van der Waals surface area (Å²) in [5.74, 6) is 3.10. The lowest BCUT2D eigenvalue weighted by atomic mass is 10.2. The first-order valence-electron chi connectivity index (χ1n) is 11.0. The van der Waals surface area contributed by atoms with Gasteiger partial charge < -0.3 is 19.5 Å². The number of ether oxygens (including phenoxy) is 3. The molecule has 0 saturated carbocycles. The van der Waals surface area contributed by atoms with E-state index < -0.39 is 0 Å². The molecule has 6 heteroatoms. The summed E-state index contributed by atoms with van der Waals surface area (Å²) < 4.78 is 18.9. The maximum Gasteiger partial charge on any atom is 0.174 e. The average molecular weight is 586 g/mol. The van der Waals surface area contributed by atoms with Crippen LogP contribution in [0.25, 0.3) is 0 Å². The Bertz CT molecular complexity index is 1220. The second-order valence-corrected chi connectivity index (χ2v) is 9.15. The standard InChI is InChI=1S/C28H25ClINO3/c1-2-32-27-17-21(16-26(30)28(27)33-19-20-7-6-8-22(29)15-20)18-31-23-11-13-25(14-12-23)34-24-9-4-3-5-10-24/h3-17,31H,2,18-19H2,1H3. The van der Waals surface area contributed by atoms with Crippen molar-refractivity contribution in [2.75, 3.05) is 11.9 Å². The van der Waals surface area contributed by atoms with Crippen LogP contribution in [-0.2, 0) is 13.2 Å². The minimum absolute atomic E-state index is 0.422. The van der Waals surface area contributed by atoms with Gasteiger partial charge in [0.2, 0.25) is 0 Å². The minimum atomic E-state index is 0.422. The Labute approximate surface area is 219 Å². The average Bonchev–Trinajstić information content (AvgIpc) is 2.84. The van der Waals surface area contributed by atoms with E-state index in [-0.39, 0.29) is 0 Å². The van der Waals surface area contributed by atoms with Gasteiger partial charge in [0.05, 0.1) is 10.2 Å². The van der Waals surface area contributed by atoms with Crippen molar-refractivity contribution >= 4 is 39.9 Å². The number of rotatable bonds is 10. The lowest BCUT2D eigenvalue weighted by Gasteiger charge is -2.16. The van der Waals surface area contributed by atoms with Crippen LogP contribution in [0.15, 0.2) is 91.0 Å². The SMILES string of the molecule is CCOc1cc(CNc2ccc(Oc3ccccc3)cc2)cc(I)c1OCc1cccc(Cl)c1. The predicted molar refractivity (Wildman–Crippen MR) is 146 cm³/mol. The molecular weight excluding hydrogens is 561 g/mol. The van der Waals surface area contributed by atoms with Crippen LogP contribution in [0, 0.1) is 3.57 Å². The second kappa shape index (κ2) is 12.0. The Morgan fingerprint density at radius 3 is 2.29 bits per heavy atom. The van der Waals surface area contributed by atoms with E-state index >= 15 is 0 Å². The molecule has 0 amide bonds. The number of hydrogen-bond acceptors (Lipinski definition) is 4. The molecule has 0 saturated heterocycles. The Kier molecular flexibility index (Phi) is 8.55. The first-order valence-corrected chi connectivity index (χ1v) is 12.5.